The molecule has 0 atom stereocenters. The summed E-state index contributed by atoms with van der Waals surface area (Å²) >= 11 is 1.47. The van der Waals surface area contributed by atoms with Gasteiger partial charge in [-0.15, -0.1) is 11.3 Å². The van der Waals surface area contributed by atoms with E-state index in [1.54, 1.807) is 12.1 Å². The van der Waals surface area contributed by atoms with Crippen LogP contribution in [-0.4, -0.2) is 23.6 Å². The van der Waals surface area contributed by atoms with Crippen molar-refractivity contribution in [2.45, 2.75) is 13.0 Å². The fraction of sp³-hybridized carbons (Fsp3) is 0.158. The number of carbonyl (C=O) groups excluding carboxylic acids is 2. The molecule has 2 aromatic heterocycles. The summed E-state index contributed by atoms with van der Waals surface area (Å²) in [6.07, 6.45) is 1.55. The molecular weight excluding hydrogens is 322 g/mol. The minimum Gasteiger partial charge on any atom is -0.453 e. The van der Waals surface area contributed by atoms with Gasteiger partial charge in [-0.1, -0.05) is 18.2 Å². The predicted octanol–water partition coefficient (Wildman–Crippen LogP) is 4.02. The highest BCUT2D eigenvalue weighted by Gasteiger charge is 2.23. The van der Waals surface area contributed by atoms with E-state index in [4.69, 9.17) is 4.42 Å². The Balaban J connectivity index is 1.61. The zero-order valence-electron chi connectivity index (χ0n) is 12.9. The number of aldehydes is 1. The number of thiophene rings is 1. The van der Waals surface area contributed by atoms with Crippen LogP contribution in [0.25, 0.3) is 11.3 Å². The third kappa shape index (κ3) is 2.67. The highest BCUT2D eigenvalue weighted by atomic mass is 32.1. The fourth-order valence-corrected chi connectivity index (χ4v) is 3.70. The van der Waals surface area contributed by atoms with Crippen molar-refractivity contribution >= 4 is 23.5 Å². The van der Waals surface area contributed by atoms with Gasteiger partial charge < -0.3 is 9.32 Å². The average Bonchev–Trinajstić information content (AvgIpc) is 3.31. The van der Waals surface area contributed by atoms with Crippen LogP contribution in [0, 0.1) is 0 Å². The molecule has 4 nitrogen and oxygen atoms in total. The van der Waals surface area contributed by atoms with Gasteiger partial charge in [-0.3, -0.25) is 9.59 Å². The van der Waals surface area contributed by atoms with E-state index < -0.39 is 0 Å². The number of furan rings is 1. The van der Waals surface area contributed by atoms with Crippen LogP contribution in [0.2, 0.25) is 0 Å². The first-order valence-corrected chi connectivity index (χ1v) is 8.62. The molecule has 0 aliphatic carbocycles. The summed E-state index contributed by atoms with van der Waals surface area (Å²) in [5, 5.41) is 1.92. The third-order valence-electron chi connectivity index (χ3n) is 4.27. The van der Waals surface area contributed by atoms with Crippen LogP contribution < -0.4 is 0 Å². The summed E-state index contributed by atoms with van der Waals surface area (Å²) in [6.45, 7) is 1.33. The molecule has 1 aliphatic heterocycles. The van der Waals surface area contributed by atoms with Crippen molar-refractivity contribution in [1.82, 2.24) is 4.90 Å². The number of hydrogen-bond donors (Lipinski definition) is 0. The lowest BCUT2D eigenvalue weighted by atomic mass is 9.96. The normalized spacial score (nSPS) is 13.6. The topological polar surface area (TPSA) is 50.5 Å². The smallest absolute Gasteiger partial charge is 0.264 e. The lowest BCUT2D eigenvalue weighted by Gasteiger charge is -2.28. The molecule has 5 heteroatoms. The van der Waals surface area contributed by atoms with Crippen LogP contribution in [-0.2, 0) is 13.0 Å². The molecule has 1 amide bonds. The van der Waals surface area contributed by atoms with Gasteiger partial charge in [0.05, 0.1) is 4.88 Å². The molecule has 120 valence electrons. The number of nitrogens with zero attached hydrogens (tertiary/aromatic N) is 1. The van der Waals surface area contributed by atoms with E-state index in [1.807, 2.05) is 28.5 Å². The second-order valence-electron chi connectivity index (χ2n) is 5.76. The summed E-state index contributed by atoms with van der Waals surface area (Å²) in [5.41, 5.74) is 3.32. The van der Waals surface area contributed by atoms with E-state index in [0.29, 0.717) is 24.4 Å². The standard InChI is InChI=1S/C19H15NO3S/c21-12-16-5-6-17(23-16)14-4-3-13-7-8-20(11-15(13)10-14)19(22)18-2-1-9-24-18/h1-6,9-10,12H,7-8,11H2. The molecule has 0 radical (unpaired) electrons. The van der Waals surface area contributed by atoms with Crippen molar-refractivity contribution in [1.29, 1.82) is 0 Å². The SMILES string of the molecule is O=Cc1ccc(-c2ccc3c(c2)CN(C(=O)c2cccs2)CC3)o1. The molecule has 0 unspecified atom stereocenters. The number of rotatable bonds is 3. The van der Waals surface area contributed by atoms with Crippen molar-refractivity contribution in [3.05, 3.63) is 69.6 Å². The largest absolute Gasteiger partial charge is 0.453 e. The Kier molecular flexibility index (Phi) is 3.78. The summed E-state index contributed by atoms with van der Waals surface area (Å²) < 4.78 is 5.50. The van der Waals surface area contributed by atoms with E-state index in [2.05, 4.69) is 12.1 Å². The maximum atomic E-state index is 12.5. The predicted molar refractivity (Wildman–Crippen MR) is 92.3 cm³/mol. The van der Waals surface area contributed by atoms with Crippen molar-refractivity contribution in [2.24, 2.45) is 0 Å². The minimum absolute atomic E-state index is 0.0855. The minimum atomic E-state index is 0.0855. The van der Waals surface area contributed by atoms with Crippen molar-refractivity contribution in [2.75, 3.05) is 6.54 Å². The lowest BCUT2D eigenvalue weighted by molar-refractivity contribution is 0.0739. The summed E-state index contributed by atoms with van der Waals surface area (Å²) in [7, 11) is 0. The molecule has 1 aliphatic rings. The molecule has 3 heterocycles. The Bertz CT molecular complexity index is 895. The molecular formula is C19H15NO3S. The molecule has 0 saturated carbocycles. The van der Waals surface area contributed by atoms with Crippen molar-refractivity contribution in [3.8, 4) is 11.3 Å². The Labute approximate surface area is 143 Å². The van der Waals surface area contributed by atoms with Crippen LogP contribution in [0.5, 0.6) is 0 Å². The van der Waals surface area contributed by atoms with E-state index in [-0.39, 0.29) is 5.91 Å². The number of amides is 1. The van der Waals surface area contributed by atoms with Gasteiger partial charge in [0.25, 0.3) is 5.91 Å². The van der Waals surface area contributed by atoms with Gasteiger partial charge in [0.15, 0.2) is 12.0 Å². The summed E-state index contributed by atoms with van der Waals surface area (Å²) in [5.74, 6) is 1.07. The maximum Gasteiger partial charge on any atom is 0.264 e. The van der Waals surface area contributed by atoms with Gasteiger partial charge in [-0.05, 0) is 47.2 Å². The van der Waals surface area contributed by atoms with Gasteiger partial charge in [0.1, 0.15) is 5.76 Å². The van der Waals surface area contributed by atoms with Crippen LogP contribution in [0.15, 0.2) is 52.3 Å². The molecule has 1 aromatic carbocycles. The molecule has 0 N–H and O–H groups in total. The second kappa shape index (κ2) is 6.09. The zero-order chi connectivity index (χ0) is 16.5. The van der Waals surface area contributed by atoms with Gasteiger partial charge in [0, 0.05) is 18.7 Å². The number of benzene rings is 1. The first-order chi connectivity index (χ1) is 11.7. The Morgan fingerprint density at radius 3 is 2.83 bits per heavy atom. The monoisotopic (exact) mass is 337 g/mol. The Hall–Kier alpha value is -2.66. The fourth-order valence-electron chi connectivity index (χ4n) is 3.01. The van der Waals surface area contributed by atoms with Crippen LogP contribution in [0.1, 0.15) is 31.4 Å². The second-order valence-corrected chi connectivity index (χ2v) is 6.71. The third-order valence-corrected chi connectivity index (χ3v) is 5.12. The number of hydrogen-bond acceptors (Lipinski definition) is 4. The molecule has 24 heavy (non-hydrogen) atoms. The van der Waals surface area contributed by atoms with Crippen LogP contribution >= 0.6 is 11.3 Å². The molecule has 4 rings (SSSR count). The first-order valence-electron chi connectivity index (χ1n) is 7.74. The van der Waals surface area contributed by atoms with Gasteiger partial charge in [-0.2, -0.15) is 0 Å². The van der Waals surface area contributed by atoms with Gasteiger partial charge >= 0.3 is 0 Å². The average molecular weight is 337 g/mol. The maximum absolute atomic E-state index is 12.5. The van der Waals surface area contributed by atoms with Gasteiger partial charge in [0.2, 0.25) is 0 Å². The molecule has 0 spiro atoms. The highest BCUT2D eigenvalue weighted by molar-refractivity contribution is 7.12. The lowest BCUT2D eigenvalue weighted by Crippen LogP contribution is -2.35. The van der Waals surface area contributed by atoms with E-state index in [1.165, 1.54) is 16.9 Å². The molecule has 3 aromatic rings. The quantitative estimate of drug-likeness (QED) is 0.678. The first kappa shape index (κ1) is 14.9. The van der Waals surface area contributed by atoms with Gasteiger partial charge in [-0.25, -0.2) is 0 Å². The molecule has 0 saturated heterocycles. The molecule has 0 fully saturated rings. The number of carbonyl (C=O) groups is 2. The van der Waals surface area contributed by atoms with E-state index in [0.717, 1.165) is 29.0 Å². The van der Waals surface area contributed by atoms with E-state index >= 15 is 0 Å². The summed E-state index contributed by atoms with van der Waals surface area (Å²) in [6, 6.07) is 13.4. The Morgan fingerprint density at radius 2 is 2.08 bits per heavy atom. The van der Waals surface area contributed by atoms with Crippen LogP contribution in [0.4, 0.5) is 0 Å². The highest BCUT2D eigenvalue weighted by Crippen LogP contribution is 2.28. The van der Waals surface area contributed by atoms with E-state index in [9.17, 15) is 9.59 Å². The van der Waals surface area contributed by atoms with Crippen molar-refractivity contribution in [3.63, 3.8) is 0 Å². The Morgan fingerprint density at radius 1 is 1.17 bits per heavy atom. The van der Waals surface area contributed by atoms with Crippen LogP contribution in [0.3, 0.4) is 0 Å². The van der Waals surface area contributed by atoms with Crippen molar-refractivity contribution < 1.29 is 14.0 Å². The summed E-state index contributed by atoms with van der Waals surface area (Å²) in [4.78, 5) is 26.0. The molecule has 0 bridgehead atoms. The zero-order valence-corrected chi connectivity index (χ0v) is 13.7. The number of fused-ring (bicyclic) bond motifs is 1.